The third-order valence-corrected chi connectivity index (χ3v) is 6.67. The third-order valence-electron chi connectivity index (χ3n) is 4.59. The zero-order valence-electron chi connectivity index (χ0n) is 16.3. The normalized spacial score (nSPS) is 24.2. The molecule has 1 fully saturated rings. The molecular formula is C16H29N4O5P. The van der Waals surface area contributed by atoms with E-state index in [1.54, 1.807) is 32.4 Å². The maximum absolute atomic E-state index is 12.4. The summed E-state index contributed by atoms with van der Waals surface area (Å²) in [7, 11) is 0.534. The molecule has 148 valence electrons. The number of aromatic nitrogens is 2. The van der Waals surface area contributed by atoms with Crippen molar-refractivity contribution in [2.45, 2.75) is 39.1 Å². The predicted octanol–water partition coefficient (Wildman–Crippen LogP) is 0.854. The lowest BCUT2D eigenvalue weighted by atomic mass is 10.2. The topological polar surface area (TPSA) is 96.9 Å². The molecule has 26 heavy (non-hydrogen) atoms. The number of hydrogen-bond donors (Lipinski definition) is 1. The lowest BCUT2D eigenvalue weighted by molar-refractivity contribution is -0.139. The zero-order chi connectivity index (χ0) is 19.6. The van der Waals surface area contributed by atoms with Crippen molar-refractivity contribution < 1.29 is 13.8 Å². The molecule has 0 aromatic carbocycles. The SMILES string of the molecule is Cc1cn([C@H]2CN(C(C)C)C[C@@H](COP(C)(=O)N(C)C)O2)c(=O)[nH]c1=O. The Kier molecular flexibility index (Phi) is 6.63. The molecule has 1 aromatic rings. The maximum Gasteiger partial charge on any atom is 0.330 e. The number of aryl methyl sites for hydroxylation is 1. The van der Waals surface area contributed by atoms with Crippen LogP contribution in [0.4, 0.5) is 0 Å². The number of nitrogens with zero attached hydrogens (tertiary/aromatic N) is 3. The minimum absolute atomic E-state index is 0.156. The van der Waals surface area contributed by atoms with E-state index in [0.29, 0.717) is 18.7 Å². The molecule has 9 nitrogen and oxygen atoms in total. The lowest BCUT2D eigenvalue weighted by Gasteiger charge is -2.40. The molecule has 2 rings (SSSR count). The van der Waals surface area contributed by atoms with Crippen LogP contribution in [0.3, 0.4) is 0 Å². The Morgan fingerprint density at radius 2 is 2.04 bits per heavy atom. The van der Waals surface area contributed by atoms with Crippen molar-refractivity contribution in [2.24, 2.45) is 0 Å². The molecule has 0 spiro atoms. The number of rotatable bonds is 6. The molecule has 1 N–H and O–H groups in total. The highest BCUT2D eigenvalue weighted by molar-refractivity contribution is 7.55. The minimum Gasteiger partial charge on any atom is -0.350 e. The summed E-state index contributed by atoms with van der Waals surface area (Å²) in [4.78, 5) is 28.3. The van der Waals surface area contributed by atoms with Gasteiger partial charge in [-0.15, -0.1) is 0 Å². The number of ether oxygens (including phenoxy) is 1. The van der Waals surface area contributed by atoms with Gasteiger partial charge < -0.3 is 9.26 Å². The first-order chi connectivity index (χ1) is 12.0. The van der Waals surface area contributed by atoms with Gasteiger partial charge in [0, 0.05) is 37.6 Å². The van der Waals surface area contributed by atoms with Crippen LogP contribution in [-0.2, 0) is 13.8 Å². The smallest absolute Gasteiger partial charge is 0.330 e. The molecule has 1 aliphatic heterocycles. The molecule has 0 saturated carbocycles. The van der Waals surface area contributed by atoms with E-state index in [9.17, 15) is 14.2 Å². The van der Waals surface area contributed by atoms with Gasteiger partial charge in [0.25, 0.3) is 13.1 Å². The van der Waals surface area contributed by atoms with Crippen LogP contribution in [0, 0.1) is 6.92 Å². The molecular weight excluding hydrogens is 359 g/mol. The first-order valence-corrected chi connectivity index (χ1v) is 10.6. The Labute approximate surface area is 153 Å². The number of H-pyrrole nitrogens is 1. The average Bonchev–Trinajstić information content (AvgIpc) is 2.56. The van der Waals surface area contributed by atoms with Gasteiger partial charge in [-0.25, -0.2) is 9.46 Å². The highest BCUT2D eigenvalue weighted by atomic mass is 31.2. The number of hydrogen-bond acceptors (Lipinski definition) is 6. The van der Waals surface area contributed by atoms with Gasteiger partial charge in [-0.3, -0.25) is 23.8 Å². The molecule has 1 aliphatic rings. The van der Waals surface area contributed by atoms with Crippen molar-refractivity contribution >= 4 is 7.52 Å². The molecule has 3 atom stereocenters. The van der Waals surface area contributed by atoms with Gasteiger partial charge in [0.15, 0.2) is 6.23 Å². The fourth-order valence-electron chi connectivity index (χ4n) is 2.65. The summed E-state index contributed by atoms with van der Waals surface area (Å²) >= 11 is 0. The van der Waals surface area contributed by atoms with Gasteiger partial charge in [0.2, 0.25) is 0 Å². The molecule has 10 heteroatoms. The summed E-state index contributed by atoms with van der Waals surface area (Å²) in [6.45, 7) is 8.60. The van der Waals surface area contributed by atoms with Gasteiger partial charge in [0.1, 0.15) is 0 Å². The third kappa shape index (κ3) is 4.92. The Morgan fingerprint density at radius 3 is 2.62 bits per heavy atom. The van der Waals surface area contributed by atoms with E-state index in [4.69, 9.17) is 9.26 Å². The number of aromatic amines is 1. The predicted molar refractivity (Wildman–Crippen MR) is 99.8 cm³/mol. The highest BCUT2D eigenvalue weighted by Crippen LogP contribution is 2.44. The van der Waals surface area contributed by atoms with E-state index in [1.165, 1.54) is 10.8 Å². The quantitative estimate of drug-likeness (QED) is 0.722. The lowest BCUT2D eigenvalue weighted by Crippen LogP contribution is -2.51. The summed E-state index contributed by atoms with van der Waals surface area (Å²) in [5.41, 5.74) is -0.473. The maximum atomic E-state index is 12.4. The number of nitrogens with one attached hydrogen (secondary N) is 1. The standard InChI is InChI=1S/C16H29N4O5P/c1-11(2)19-8-13(10-24-26(6,23)18(4)5)25-14(9-19)20-7-12(3)15(21)17-16(20)22/h7,11,13-14H,8-10H2,1-6H3,(H,17,21,22)/t13-,14+,26?/m0/s1. The summed E-state index contributed by atoms with van der Waals surface area (Å²) in [6, 6.07) is 0.241. The Morgan fingerprint density at radius 1 is 1.38 bits per heavy atom. The fraction of sp³-hybridized carbons (Fsp3) is 0.750. The molecule has 0 bridgehead atoms. The Bertz CT molecular complexity index is 788. The van der Waals surface area contributed by atoms with E-state index in [2.05, 4.69) is 23.7 Å². The summed E-state index contributed by atoms with van der Waals surface area (Å²) in [5, 5.41) is 0. The monoisotopic (exact) mass is 388 g/mol. The average molecular weight is 388 g/mol. The minimum atomic E-state index is -2.87. The Balaban J connectivity index is 2.23. The summed E-state index contributed by atoms with van der Waals surface area (Å²) < 4.78 is 27.0. The number of morpholine rings is 1. The highest BCUT2D eigenvalue weighted by Gasteiger charge is 2.32. The summed E-state index contributed by atoms with van der Waals surface area (Å²) in [5.74, 6) is 0. The molecule has 0 radical (unpaired) electrons. The second kappa shape index (κ2) is 8.19. The van der Waals surface area contributed by atoms with Crippen molar-refractivity contribution in [3.8, 4) is 0 Å². The van der Waals surface area contributed by atoms with Crippen LogP contribution in [0.25, 0.3) is 0 Å². The van der Waals surface area contributed by atoms with E-state index < -0.39 is 25.0 Å². The van der Waals surface area contributed by atoms with E-state index in [-0.39, 0.29) is 18.8 Å². The van der Waals surface area contributed by atoms with Gasteiger partial charge >= 0.3 is 5.69 Å². The fourth-order valence-corrected chi connectivity index (χ4v) is 3.32. The van der Waals surface area contributed by atoms with Gasteiger partial charge in [-0.2, -0.15) is 0 Å². The first-order valence-electron chi connectivity index (χ1n) is 8.62. The molecule has 0 amide bonds. The Hall–Kier alpha value is -1.25. The molecule has 2 heterocycles. The van der Waals surface area contributed by atoms with Crippen LogP contribution in [0.15, 0.2) is 15.8 Å². The van der Waals surface area contributed by atoms with Gasteiger partial charge in [-0.05, 0) is 34.9 Å². The van der Waals surface area contributed by atoms with Gasteiger partial charge in [-0.1, -0.05) is 0 Å². The van der Waals surface area contributed by atoms with Crippen LogP contribution in [0.5, 0.6) is 0 Å². The van der Waals surface area contributed by atoms with Crippen LogP contribution < -0.4 is 11.2 Å². The molecule has 1 saturated heterocycles. The largest absolute Gasteiger partial charge is 0.350 e. The van der Waals surface area contributed by atoms with E-state index in [0.717, 1.165) is 0 Å². The van der Waals surface area contributed by atoms with Crippen molar-refractivity contribution in [2.75, 3.05) is 40.5 Å². The van der Waals surface area contributed by atoms with Crippen LogP contribution >= 0.6 is 7.52 Å². The summed E-state index contributed by atoms with van der Waals surface area (Å²) in [6.07, 6.45) is 0.611. The second-order valence-electron chi connectivity index (χ2n) is 7.19. The van der Waals surface area contributed by atoms with Crippen LogP contribution in [-0.4, -0.2) is 71.7 Å². The van der Waals surface area contributed by atoms with E-state index >= 15 is 0 Å². The van der Waals surface area contributed by atoms with Crippen molar-refractivity contribution in [1.29, 1.82) is 0 Å². The first kappa shape index (κ1) is 21.1. The second-order valence-corrected chi connectivity index (χ2v) is 9.85. The molecule has 1 unspecified atom stereocenters. The van der Waals surface area contributed by atoms with Crippen molar-refractivity contribution in [1.82, 2.24) is 19.1 Å². The zero-order valence-corrected chi connectivity index (χ0v) is 17.2. The van der Waals surface area contributed by atoms with E-state index in [1.807, 2.05) is 0 Å². The van der Waals surface area contributed by atoms with Gasteiger partial charge in [0.05, 0.1) is 12.7 Å². The molecule has 1 aromatic heterocycles. The van der Waals surface area contributed by atoms with Crippen molar-refractivity contribution in [3.63, 3.8) is 0 Å². The molecule has 0 aliphatic carbocycles. The van der Waals surface area contributed by atoms with Crippen molar-refractivity contribution in [3.05, 3.63) is 32.6 Å². The van der Waals surface area contributed by atoms with Crippen LogP contribution in [0.2, 0.25) is 0 Å². The van der Waals surface area contributed by atoms with Crippen LogP contribution in [0.1, 0.15) is 25.6 Å².